The van der Waals surface area contributed by atoms with E-state index < -0.39 is 17.5 Å². The van der Waals surface area contributed by atoms with Gasteiger partial charge in [-0.25, -0.2) is 4.39 Å². The molecule has 0 aliphatic heterocycles. The molecule has 0 fully saturated rings. The van der Waals surface area contributed by atoms with Crippen LogP contribution in [0.3, 0.4) is 0 Å². The quantitative estimate of drug-likeness (QED) is 0.767. The Labute approximate surface area is 140 Å². The zero-order chi connectivity index (χ0) is 17.5. The third-order valence-corrected chi connectivity index (χ3v) is 3.74. The molecule has 0 heterocycles. The number of benzene rings is 2. The molecule has 0 spiro atoms. The highest BCUT2D eigenvalue weighted by Gasteiger charge is 2.20. The summed E-state index contributed by atoms with van der Waals surface area (Å²) in [7, 11) is 0. The van der Waals surface area contributed by atoms with Crippen molar-refractivity contribution in [2.75, 3.05) is 11.9 Å². The molecule has 24 heavy (non-hydrogen) atoms. The van der Waals surface area contributed by atoms with Gasteiger partial charge >= 0.3 is 0 Å². The van der Waals surface area contributed by atoms with Crippen LogP contribution in [0.5, 0.6) is 0 Å². The lowest BCUT2D eigenvalue weighted by atomic mass is 9.98. The summed E-state index contributed by atoms with van der Waals surface area (Å²) in [6, 6.07) is 12.9. The molecule has 0 aromatic heterocycles. The standard InChI is InChI=1S/C19H20FNO3/c1-13(12-18(23)16-4-2-3-5-17(16)20)19(24)21-15-8-6-14(7-9-15)10-11-22/h2-9,13,22H,10-12H2,1H3,(H,21,24). The molecule has 0 aliphatic rings. The minimum atomic E-state index is -0.575. The Morgan fingerprint density at radius 1 is 1.12 bits per heavy atom. The molecular weight excluding hydrogens is 309 g/mol. The number of carbonyl (C=O) groups is 2. The highest BCUT2D eigenvalue weighted by Crippen LogP contribution is 2.16. The number of carbonyl (C=O) groups excluding carboxylic acids is 2. The van der Waals surface area contributed by atoms with Crippen molar-refractivity contribution >= 4 is 17.4 Å². The average Bonchev–Trinajstić information content (AvgIpc) is 2.57. The van der Waals surface area contributed by atoms with Crippen molar-refractivity contribution in [3.8, 4) is 0 Å². The van der Waals surface area contributed by atoms with Gasteiger partial charge in [0.05, 0.1) is 5.56 Å². The Morgan fingerprint density at radius 3 is 2.42 bits per heavy atom. The summed E-state index contributed by atoms with van der Waals surface area (Å²) in [6.07, 6.45) is 0.497. The fraction of sp³-hybridized carbons (Fsp3) is 0.263. The van der Waals surface area contributed by atoms with Crippen LogP contribution in [0.2, 0.25) is 0 Å². The van der Waals surface area contributed by atoms with Gasteiger partial charge in [-0.3, -0.25) is 9.59 Å². The summed E-state index contributed by atoms with van der Waals surface area (Å²) < 4.78 is 13.6. The summed E-state index contributed by atoms with van der Waals surface area (Å²) >= 11 is 0. The average molecular weight is 329 g/mol. The van der Waals surface area contributed by atoms with Crippen molar-refractivity contribution in [2.24, 2.45) is 5.92 Å². The molecule has 2 aromatic carbocycles. The van der Waals surface area contributed by atoms with Gasteiger partial charge in [0, 0.05) is 24.6 Å². The van der Waals surface area contributed by atoms with Gasteiger partial charge in [0.2, 0.25) is 5.91 Å². The van der Waals surface area contributed by atoms with E-state index in [-0.39, 0.29) is 24.5 Å². The van der Waals surface area contributed by atoms with E-state index in [1.165, 1.54) is 18.2 Å². The van der Waals surface area contributed by atoms with E-state index in [4.69, 9.17) is 5.11 Å². The molecule has 1 amide bonds. The maximum Gasteiger partial charge on any atom is 0.227 e. The molecule has 5 heteroatoms. The van der Waals surface area contributed by atoms with Crippen LogP contribution in [0, 0.1) is 11.7 Å². The molecule has 2 N–H and O–H groups in total. The summed E-state index contributed by atoms with van der Waals surface area (Å²) in [5, 5.41) is 11.6. The summed E-state index contributed by atoms with van der Waals surface area (Å²) in [5.74, 6) is -1.84. The smallest absolute Gasteiger partial charge is 0.227 e. The summed E-state index contributed by atoms with van der Waals surface area (Å²) in [6.45, 7) is 1.70. The zero-order valence-corrected chi connectivity index (χ0v) is 13.5. The number of hydrogen-bond donors (Lipinski definition) is 2. The number of nitrogens with one attached hydrogen (secondary N) is 1. The lowest BCUT2D eigenvalue weighted by molar-refractivity contribution is -0.119. The minimum Gasteiger partial charge on any atom is -0.396 e. The molecule has 2 rings (SSSR count). The van der Waals surface area contributed by atoms with Crippen LogP contribution in [-0.2, 0) is 11.2 Å². The van der Waals surface area contributed by atoms with Crippen molar-refractivity contribution in [1.29, 1.82) is 0 Å². The van der Waals surface area contributed by atoms with Gasteiger partial charge in [-0.15, -0.1) is 0 Å². The van der Waals surface area contributed by atoms with Gasteiger partial charge in [0.15, 0.2) is 5.78 Å². The Kier molecular flexibility index (Phi) is 6.21. The Bertz CT molecular complexity index is 713. The number of rotatable bonds is 7. The molecule has 0 radical (unpaired) electrons. The highest BCUT2D eigenvalue weighted by molar-refractivity contribution is 6.01. The first-order valence-electron chi connectivity index (χ1n) is 7.79. The van der Waals surface area contributed by atoms with E-state index in [1.54, 1.807) is 25.1 Å². The number of halogens is 1. The molecule has 1 atom stereocenters. The fourth-order valence-corrected chi connectivity index (χ4v) is 2.32. The van der Waals surface area contributed by atoms with Crippen molar-refractivity contribution in [3.05, 3.63) is 65.5 Å². The van der Waals surface area contributed by atoms with E-state index in [0.717, 1.165) is 5.56 Å². The third kappa shape index (κ3) is 4.73. The number of hydrogen-bond acceptors (Lipinski definition) is 3. The first-order chi connectivity index (χ1) is 11.5. The van der Waals surface area contributed by atoms with Crippen LogP contribution in [-0.4, -0.2) is 23.4 Å². The molecule has 126 valence electrons. The number of aliphatic hydroxyl groups is 1. The van der Waals surface area contributed by atoms with E-state index in [1.807, 2.05) is 12.1 Å². The van der Waals surface area contributed by atoms with Crippen molar-refractivity contribution < 1.29 is 19.1 Å². The van der Waals surface area contributed by atoms with Gasteiger partial charge in [0.25, 0.3) is 0 Å². The Morgan fingerprint density at radius 2 is 1.79 bits per heavy atom. The van der Waals surface area contributed by atoms with Crippen molar-refractivity contribution in [3.63, 3.8) is 0 Å². The van der Waals surface area contributed by atoms with E-state index in [0.29, 0.717) is 12.1 Å². The lowest BCUT2D eigenvalue weighted by Crippen LogP contribution is -2.23. The number of Topliss-reactive ketones (excluding diaryl/α,β-unsaturated/α-hetero) is 1. The lowest BCUT2D eigenvalue weighted by Gasteiger charge is -2.12. The van der Waals surface area contributed by atoms with Crippen LogP contribution in [0.15, 0.2) is 48.5 Å². The summed E-state index contributed by atoms with van der Waals surface area (Å²) in [4.78, 5) is 24.3. The first kappa shape index (κ1) is 17.8. The fourth-order valence-electron chi connectivity index (χ4n) is 2.32. The molecule has 0 saturated carbocycles. The van der Waals surface area contributed by atoms with Crippen LogP contribution in [0.1, 0.15) is 29.3 Å². The maximum absolute atomic E-state index is 13.6. The van der Waals surface area contributed by atoms with Crippen LogP contribution >= 0.6 is 0 Å². The Balaban J connectivity index is 1.94. The maximum atomic E-state index is 13.6. The van der Waals surface area contributed by atoms with Crippen LogP contribution in [0.4, 0.5) is 10.1 Å². The second-order valence-electron chi connectivity index (χ2n) is 5.67. The predicted molar refractivity (Wildman–Crippen MR) is 90.4 cm³/mol. The first-order valence-corrected chi connectivity index (χ1v) is 7.79. The second-order valence-corrected chi connectivity index (χ2v) is 5.67. The van der Waals surface area contributed by atoms with Gasteiger partial charge in [-0.05, 0) is 36.2 Å². The van der Waals surface area contributed by atoms with Gasteiger partial charge < -0.3 is 10.4 Å². The van der Waals surface area contributed by atoms with Gasteiger partial charge in [0.1, 0.15) is 5.82 Å². The molecule has 4 nitrogen and oxygen atoms in total. The largest absolute Gasteiger partial charge is 0.396 e. The molecule has 1 unspecified atom stereocenters. The van der Waals surface area contributed by atoms with Gasteiger partial charge in [-0.2, -0.15) is 0 Å². The third-order valence-electron chi connectivity index (χ3n) is 3.74. The monoisotopic (exact) mass is 329 g/mol. The van der Waals surface area contributed by atoms with Crippen LogP contribution in [0.25, 0.3) is 0 Å². The second kappa shape index (κ2) is 8.36. The molecular formula is C19H20FNO3. The van der Waals surface area contributed by atoms with E-state index in [2.05, 4.69) is 5.32 Å². The molecule has 0 saturated heterocycles. The normalized spacial score (nSPS) is 11.8. The molecule has 2 aromatic rings. The molecule has 0 bridgehead atoms. The van der Waals surface area contributed by atoms with Gasteiger partial charge in [-0.1, -0.05) is 31.2 Å². The SMILES string of the molecule is CC(CC(=O)c1ccccc1F)C(=O)Nc1ccc(CCO)cc1. The number of anilines is 1. The number of ketones is 1. The van der Waals surface area contributed by atoms with E-state index in [9.17, 15) is 14.0 Å². The number of amides is 1. The summed E-state index contributed by atoms with van der Waals surface area (Å²) in [5.41, 5.74) is 1.59. The minimum absolute atomic E-state index is 0.00510. The van der Waals surface area contributed by atoms with Crippen LogP contribution < -0.4 is 5.32 Å². The highest BCUT2D eigenvalue weighted by atomic mass is 19.1. The number of aliphatic hydroxyl groups excluding tert-OH is 1. The zero-order valence-electron chi connectivity index (χ0n) is 13.5. The molecule has 0 aliphatic carbocycles. The van der Waals surface area contributed by atoms with E-state index >= 15 is 0 Å². The van der Waals surface area contributed by atoms with Crippen molar-refractivity contribution in [2.45, 2.75) is 19.8 Å². The van der Waals surface area contributed by atoms with Crippen molar-refractivity contribution in [1.82, 2.24) is 0 Å². The predicted octanol–water partition coefficient (Wildman–Crippen LogP) is 3.21. The topological polar surface area (TPSA) is 66.4 Å². The Hall–Kier alpha value is -2.53.